The molecule has 2 bridgehead atoms. The zero-order chi connectivity index (χ0) is 18.3. The molecular weight excluding hydrogens is 334 g/mol. The Hall–Kier alpha value is -2.06. The third-order valence-electron chi connectivity index (χ3n) is 5.90. The van der Waals surface area contributed by atoms with Crippen LogP contribution in [0.5, 0.6) is 0 Å². The Bertz CT molecular complexity index is 697. The molecule has 3 fully saturated rings. The highest BCUT2D eigenvalue weighted by Crippen LogP contribution is 2.54. The molecule has 140 valence electrons. The van der Waals surface area contributed by atoms with Gasteiger partial charge in [-0.3, -0.25) is 9.59 Å². The fourth-order valence-corrected chi connectivity index (χ4v) is 4.79. The van der Waals surface area contributed by atoms with E-state index in [9.17, 15) is 9.59 Å². The number of rotatable bonds is 5. The highest BCUT2D eigenvalue weighted by molar-refractivity contribution is 5.94. The van der Waals surface area contributed by atoms with Gasteiger partial charge >= 0.3 is 0 Å². The summed E-state index contributed by atoms with van der Waals surface area (Å²) in [6.07, 6.45) is 5.23. The molecule has 1 N–H and O–H groups in total. The fourth-order valence-electron chi connectivity index (χ4n) is 4.79. The summed E-state index contributed by atoms with van der Waals surface area (Å²) in [6, 6.07) is 1.69. The maximum absolute atomic E-state index is 12.8. The molecule has 26 heavy (non-hydrogen) atoms. The van der Waals surface area contributed by atoms with Gasteiger partial charge in [0.05, 0.1) is 42.8 Å². The van der Waals surface area contributed by atoms with E-state index in [-0.39, 0.29) is 35.4 Å². The zero-order valence-corrected chi connectivity index (χ0v) is 15.2. The minimum absolute atomic E-state index is 0.0221. The van der Waals surface area contributed by atoms with Crippen LogP contribution in [0.4, 0.5) is 0 Å². The van der Waals surface area contributed by atoms with Gasteiger partial charge in [-0.15, -0.1) is 0 Å². The summed E-state index contributed by atoms with van der Waals surface area (Å²) in [5, 5.41) is 10.6. The molecule has 1 aromatic rings. The second kappa shape index (κ2) is 6.59. The van der Waals surface area contributed by atoms with Crippen LogP contribution in [0.2, 0.25) is 0 Å². The Morgan fingerprint density at radius 3 is 3.00 bits per heavy atom. The standard InChI is InChI=1S/C18H25N5O3/c1-22(2)10-16(24)19-8-13-14-9-23(11-18(14)5-3-15(13)26-18)17(25)12-4-6-20-21-7-12/h4,6-7,13-15H,3,5,8-11H2,1-2H3,(H,19,24)/t13-,14+,15+,18+/m0/s1. The van der Waals surface area contributed by atoms with Gasteiger partial charge in [-0.25, -0.2) is 0 Å². The maximum atomic E-state index is 12.8. The number of aromatic nitrogens is 2. The third-order valence-corrected chi connectivity index (χ3v) is 5.90. The quantitative estimate of drug-likeness (QED) is 0.782. The number of hydrogen-bond acceptors (Lipinski definition) is 6. The van der Waals surface area contributed by atoms with E-state index in [1.54, 1.807) is 6.07 Å². The summed E-state index contributed by atoms with van der Waals surface area (Å²) < 4.78 is 6.34. The van der Waals surface area contributed by atoms with Gasteiger partial charge in [-0.1, -0.05) is 0 Å². The summed E-state index contributed by atoms with van der Waals surface area (Å²) in [7, 11) is 3.76. The number of nitrogens with one attached hydrogen (secondary N) is 1. The van der Waals surface area contributed by atoms with Gasteiger partial charge in [0, 0.05) is 24.9 Å². The molecule has 3 aliphatic heterocycles. The topological polar surface area (TPSA) is 87.7 Å². The van der Waals surface area contributed by atoms with E-state index in [1.165, 1.54) is 12.4 Å². The monoisotopic (exact) mass is 359 g/mol. The number of likely N-dealkylation sites (tertiary alicyclic amines) is 1. The molecule has 4 atom stereocenters. The largest absolute Gasteiger partial charge is 0.369 e. The molecule has 3 aliphatic rings. The molecule has 1 spiro atoms. The first kappa shape index (κ1) is 17.4. The number of fused-ring (bicyclic) bond motifs is 1. The number of amides is 2. The van der Waals surface area contributed by atoms with E-state index in [1.807, 2.05) is 23.9 Å². The molecule has 0 unspecified atom stereocenters. The zero-order valence-electron chi connectivity index (χ0n) is 15.2. The molecular formula is C18H25N5O3. The van der Waals surface area contributed by atoms with Crippen molar-refractivity contribution in [2.75, 3.05) is 40.3 Å². The van der Waals surface area contributed by atoms with Gasteiger partial charge in [0.25, 0.3) is 5.91 Å². The highest BCUT2D eigenvalue weighted by atomic mass is 16.5. The predicted molar refractivity (Wildman–Crippen MR) is 93.3 cm³/mol. The highest BCUT2D eigenvalue weighted by Gasteiger charge is 2.63. The van der Waals surface area contributed by atoms with Gasteiger partial charge in [0.2, 0.25) is 5.91 Å². The van der Waals surface area contributed by atoms with Gasteiger partial charge in [-0.05, 0) is 33.0 Å². The van der Waals surface area contributed by atoms with Gasteiger partial charge in [-0.2, -0.15) is 10.2 Å². The molecule has 8 heteroatoms. The van der Waals surface area contributed by atoms with Crippen LogP contribution in [0.1, 0.15) is 23.2 Å². The maximum Gasteiger partial charge on any atom is 0.255 e. The summed E-state index contributed by atoms with van der Waals surface area (Å²) in [4.78, 5) is 28.5. The molecule has 4 rings (SSSR count). The first-order chi connectivity index (χ1) is 12.5. The third kappa shape index (κ3) is 2.97. The summed E-state index contributed by atoms with van der Waals surface area (Å²) >= 11 is 0. The van der Waals surface area contributed by atoms with Crippen LogP contribution in [-0.4, -0.2) is 83.8 Å². The van der Waals surface area contributed by atoms with Crippen LogP contribution in [0.3, 0.4) is 0 Å². The fraction of sp³-hybridized carbons (Fsp3) is 0.667. The predicted octanol–water partition coefficient (Wildman–Crippen LogP) is -0.226. The number of hydrogen-bond donors (Lipinski definition) is 1. The van der Waals surface area contributed by atoms with E-state index >= 15 is 0 Å². The van der Waals surface area contributed by atoms with Crippen molar-refractivity contribution in [3.8, 4) is 0 Å². The summed E-state index contributed by atoms with van der Waals surface area (Å²) in [5.41, 5.74) is 0.319. The van der Waals surface area contributed by atoms with Gasteiger partial charge in [0.1, 0.15) is 0 Å². The van der Waals surface area contributed by atoms with Crippen molar-refractivity contribution in [3.05, 3.63) is 24.0 Å². The Morgan fingerprint density at radius 1 is 1.42 bits per heavy atom. The SMILES string of the molecule is CN(C)CC(=O)NC[C@H]1[C@H]2CN(C(=O)c3ccnnc3)C[C@]23CC[C@H]1O3. The van der Waals surface area contributed by atoms with E-state index in [2.05, 4.69) is 15.5 Å². The minimum atomic E-state index is -0.238. The van der Waals surface area contributed by atoms with Crippen LogP contribution in [0.25, 0.3) is 0 Å². The van der Waals surface area contributed by atoms with Gasteiger partial charge in [0.15, 0.2) is 0 Å². The Balaban J connectivity index is 1.43. The second-order valence-electron chi connectivity index (χ2n) is 7.89. The molecule has 3 saturated heterocycles. The Kier molecular flexibility index (Phi) is 4.40. The van der Waals surface area contributed by atoms with Crippen molar-refractivity contribution in [3.63, 3.8) is 0 Å². The molecule has 4 heterocycles. The number of carbonyl (C=O) groups excluding carboxylic acids is 2. The smallest absolute Gasteiger partial charge is 0.255 e. The average molecular weight is 359 g/mol. The van der Waals surface area contributed by atoms with Crippen molar-refractivity contribution in [1.29, 1.82) is 0 Å². The summed E-state index contributed by atoms with van der Waals surface area (Å²) in [6.45, 7) is 2.29. The molecule has 2 amide bonds. The Morgan fingerprint density at radius 2 is 2.27 bits per heavy atom. The van der Waals surface area contributed by atoms with E-state index < -0.39 is 0 Å². The van der Waals surface area contributed by atoms with Gasteiger partial charge < -0.3 is 19.9 Å². The van der Waals surface area contributed by atoms with Crippen molar-refractivity contribution < 1.29 is 14.3 Å². The lowest BCUT2D eigenvalue weighted by atomic mass is 9.73. The lowest BCUT2D eigenvalue weighted by Crippen LogP contribution is -2.43. The van der Waals surface area contributed by atoms with Crippen molar-refractivity contribution in [1.82, 2.24) is 25.3 Å². The number of ether oxygens (including phenoxy) is 1. The lowest BCUT2D eigenvalue weighted by Gasteiger charge is -2.29. The molecule has 0 aliphatic carbocycles. The van der Waals surface area contributed by atoms with Crippen LogP contribution in [-0.2, 0) is 9.53 Å². The van der Waals surface area contributed by atoms with Crippen molar-refractivity contribution in [2.45, 2.75) is 24.5 Å². The number of likely N-dealkylation sites (N-methyl/N-ethyl adjacent to an activating group) is 1. The molecule has 0 saturated carbocycles. The summed E-state index contributed by atoms with van der Waals surface area (Å²) in [5.74, 6) is 0.551. The second-order valence-corrected chi connectivity index (χ2v) is 7.89. The van der Waals surface area contributed by atoms with Crippen LogP contribution >= 0.6 is 0 Å². The van der Waals surface area contributed by atoms with E-state index in [0.29, 0.717) is 31.7 Å². The Labute approximate surface area is 152 Å². The first-order valence-corrected chi connectivity index (χ1v) is 9.14. The average Bonchev–Trinajstić information content (AvgIpc) is 3.27. The van der Waals surface area contributed by atoms with Crippen LogP contribution in [0, 0.1) is 11.8 Å². The van der Waals surface area contributed by atoms with Crippen molar-refractivity contribution in [2.24, 2.45) is 11.8 Å². The lowest BCUT2D eigenvalue weighted by molar-refractivity contribution is -0.122. The van der Waals surface area contributed by atoms with E-state index in [4.69, 9.17) is 4.74 Å². The molecule has 8 nitrogen and oxygen atoms in total. The van der Waals surface area contributed by atoms with Crippen molar-refractivity contribution >= 4 is 11.8 Å². The first-order valence-electron chi connectivity index (χ1n) is 9.14. The number of nitrogens with zero attached hydrogens (tertiary/aromatic N) is 4. The van der Waals surface area contributed by atoms with Crippen LogP contribution in [0.15, 0.2) is 18.5 Å². The number of carbonyl (C=O) groups is 2. The van der Waals surface area contributed by atoms with Crippen LogP contribution < -0.4 is 5.32 Å². The molecule has 0 aromatic carbocycles. The molecule has 1 aromatic heterocycles. The van der Waals surface area contributed by atoms with E-state index in [0.717, 1.165) is 12.8 Å². The molecule has 0 radical (unpaired) electrons. The normalized spacial score (nSPS) is 32.1. The minimum Gasteiger partial charge on any atom is -0.369 e.